The average molecular weight is 302 g/mol. The molecule has 4 heteroatoms. The van der Waals surface area contributed by atoms with E-state index in [1.165, 1.54) is 11.3 Å². The van der Waals surface area contributed by atoms with E-state index in [0.717, 1.165) is 43.4 Å². The lowest BCUT2D eigenvalue weighted by atomic mass is 10.2. The van der Waals surface area contributed by atoms with Crippen LogP contribution in [0.3, 0.4) is 0 Å². The third-order valence-corrected chi connectivity index (χ3v) is 4.20. The molecule has 1 fully saturated rings. The van der Waals surface area contributed by atoms with Gasteiger partial charge in [-0.05, 0) is 42.0 Å². The van der Waals surface area contributed by atoms with Gasteiger partial charge in [-0.1, -0.05) is 23.7 Å². The maximum Gasteiger partial charge on any atom is 0.0406 e. The van der Waals surface area contributed by atoms with Crippen molar-refractivity contribution in [3.63, 3.8) is 0 Å². The average Bonchev–Trinajstić information content (AvgIpc) is 2.51. The summed E-state index contributed by atoms with van der Waals surface area (Å²) >= 11 is 5.92. The van der Waals surface area contributed by atoms with Gasteiger partial charge in [-0.2, -0.15) is 0 Å². The molecule has 1 aliphatic rings. The first kappa shape index (κ1) is 14.2. The second kappa shape index (κ2) is 6.37. The van der Waals surface area contributed by atoms with Crippen molar-refractivity contribution in [1.29, 1.82) is 0 Å². The zero-order valence-corrected chi connectivity index (χ0v) is 12.8. The monoisotopic (exact) mass is 301 g/mol. The molecule has 1 heterocycles. The minimum Gasteiger partial charge on any atom is -0.399 e. The van der Waals surface area contributed by atoms with Crippen molar-refractivity contribution in [2.24, 2.45) is 0 Å². The van der Waals surface area contributed by atoms with E-state index in [1.54, 1.807) is 0 Å². The molecule has 0 unspecified atom stereocenters. The molecule has 0 spiro atoms. The molecular weight excluding hydrogens is 282 g/mol. The Bertz CT molecular complexity index is 572. The minimum absolute atomic E-state index is 0.798. The van der Waals surface area contributed by atoms with E-state index in [2.05, 4.69) is 34.1 Å². The second-order valence-electron chi connectivity index (χ2n) is 5.48. The van der Waals surface area contributed by atoms with Gasteiger partial charge < -0.3 is 10.6 Å². The van der Waals surface area contributed by atoms with E-state index in [4.69, 9.17) is 17.3 Å². The smallest absolute Gasteiger partial charge is 0.0406 e. The fraction of sp³-hybridized carbons (Fsp3) is 0.294. The van der Waals surface area contributed by atoms with Gasteiger partial charge in [0.1, 0.15) is 0 Å². The van der Waals surface area contributed by atoms with Crippen molar-refractivity contribution in [2.75, 3.05) is 36.8 Å². The maximum atomic E-state index is 5.92. The van der Waals surface area contributed by atoms with Crippen molar-refractivity contribution in [2.45, 2.75) is 6.54 Å². The summed E-state index contributed by atoms with van der Waals surface area (Å²) in [5, 5.41) is 0.798. The number of nitrogens with zero attached hydrogens (tertiary/aromatic N) is 2. The highest BCUT2D eigenvalue weighted by Gasteiger charge is 2.17. The van der Waals surface area contributed by atoms with Crippen LogP contribution in [0.4, 0.5) is 11.4 Å². The second-order valence-corrected chi connectivity index (χ2v) is 5.92. The quantitative estimate of drug-likeness (QED) is 0.883. The van der Waals surface area contributed by atoms with E-state index < -0.39 is 0 Å². The van der Waals surface area contributed by atoms with Gasteiger partial charge in [0.05, 0.1) is 0 Å². The van der Waals surface area contributed by atoms with Crippen molar-refractivity contribution in [3.05, 3.63) is 59.1 Å². The summed E-state index contributed by atoms with van der Waals surface area (Å²) in [4.78, 5) is 4.90. The Morgan fingerprint density at radius 2 is 1.48 bits per heavy atom. The fourth-order valence-corrected chi connectivity index (χ4v) is 2.82. The SMILES string of the molecule is Nc1ccc(N2CCN(Cc3ccc(Cl)cc3)CC2)cc1. The van der Waals surface area contributed by atoms with Gasteiger partial charge in [0.15, 0.2) is 0 Å². The summed E-state index contributed by atoms with van der Waals surface area (Å²) < 4.78 is 0. The van der Waals surface area contributed by atoms with E-state index in [0.29, 0.717) is 0 Å². The standard InChI is InChI=1S/C17H20ClN3/c18-15-3-1-14(2-4-15)13-20-9-11-21(12-10-20)17-7-5-16(19)6-8-17/h1-8H,9-13,19H2. The number of hydrogen-bond donors (Lipinski definition) is 1. The molecular formula is C17H20ClN3. The lowest BCUT2D eigenvalue weighted by Gasteiger charge is -2.36. The highest BCUT2D eigenvalue weighted by atomic mass is 35.5. The third kappa shape index (κ3) is 3.69. The first-order valence-electron chi connectivity index (χ1n) is 7.28. The molecule has 2 N–H and O–H groups in total. The molecule has 110 valence electrons. The zero-order chi connectivity index (χ0) is 14.7. The molecule has 0 bridgehead atoms. The number of anilines is 2. The number of nitrogens with two attached hydrogens (primary N) is 1. The molecule has 3 rings (SSSR count). The van der Waals surface area contributed by atoms with Crippen LogP contribution < -0.4 is 10.6 Å². The summed E-state index contributed by atoms with van der Waals surface area (Å²) in [5.41, 5.74) is 9.14. The van der Waals surface area contributed by atoms with Crippen LogP contribution in [0.2, 0.25) is 5.02 Å². The van der Waals surface area contributed by atoms with Gasteiger partial charge >= 0.3 is 0 Å². The molecule has 2 aromatic rings. The van der Waals surface area contributed by atoms with Crippen LogP contribution in [0.1, 0.15) is 5.56 Å². The van der Waals surface area contributed by atoms with Crippen LogP contribution in [-0.2, 0) is 6.54 Å². The minimum atomic E-state index is 0.798. The Hall–Kier alpha value is -1.71. The number of piperazine rings is 1. The summed E-state index contributed by atoms with van der Waals surface area (Å²) in [6, 6.07) is 16.3. The van der Waals surface area contributed by atoms with Gasteiger partial charge in [-0.25, -0.2) is 0 Å². The Morgan fingerprint density at radius 1 is 0.857 bits per heavy atom. The molecule has 21 heavy (non-hydrogen) atoms. The van der Waals surface area contributed by atoms with Crippen LogP contribution in [0.25, 0.3) is 0 Å². The van der Waals surface area contributed by atoms with Crippen LogP contribution in [0.5, 0.6) is 0 Å². The number of rotatable bonds is 3. The summed E-state index contributed by atoms with van der Waals surface area (Å²) in [5.74, 6) is 0. The van der Waals surface area contributed by atoms with Gasteiger partial charge in [0.2, 0.25) is 0 Å². The number of nitrogen functional groups attached to an aromatic ring is 1. The molecule has 0 atom stereocenters. The number of benzene rings is 2. The van der Waals surface area contributed by atoms with Crippen LogP contribution in [-0.4, -0.2) is 31.1 Å². The predicted molar refractivity (Wildman–Crippen MR) is 89.8 cm³/mol. The van der Waals surface area contributed by atoms with Crippen LogP contribution in [0.15, 0.2) is 48.5 Å². The largest absolute Gasteiger partial charge is 0.399 e. The molecule has 3 nitrogen and oxygen atoms in total. The van der Waals surface area contributed by atoms with Crippen molar-refractivity contribution < 1.29 is 0 Å². The highest BCUT2D eigenvalue weighted by molar-refractivity contribution is 6.30. The van der Waals surface area contributed by atoms with E-state index in [-0.39, 0.29) is 0 Å². The summed E-state index contributed by atoms with van der Waals surface area (Å²) in [6.07, 6.45) is 0. The highest BCUT2D eigenvalue weighted by Crippen LogP contribution is 2.19. The number of halogens is 1. The number of hydrogen-bond acceptors (Lipinski definition) is 3. The fourth-order valence-electron chi connectivity index (χ4n) is 2.70. The van der Waals surface area contributed by atoms with Crippen molar-refractivity contribution in [1.82, 2.24) is 4.90 Å². The molecule has 0 aliphatic carbocycles. The first-order chi connectivity index (χ1) is 10.2. The van der Waals surface area contributed by atoms with Gasteiger partial charge in [0.25, 0.3) is 0 Å². The first-order valence-corrected chi connectivity index (χ1v) is 7.66. The Balaban J connectivity index is 1.55. The Kier molecular flexibility index (Phi) is 4.32. The molecule has 0 amide bonds. The lowest BCUT2D eigenvalue weighted by Crippen LogP contribution is -2.45. The molecule has 0 radical (unpaired) electrons. The molecule has 0 saturated carbocycles. The molecule has 1 aliphatic heterocycles. The van der Waals surface area contributed by atoms with Gasteiger partial charge in [0, 0.05) is 49.1 Å². The van der Waals surface area contributed by atoms with E-state index in [9.17, 15) is 0 Å². The topological polar surface area (TPSA) is 32.5 Å². The normalized spacial score (nSPS) is 16.1. The molecule has 1 saturated heterocycles. The van der Waals surface area contributed by atoms with Gasteiger partial charge in [-0.3, -0.25) is 4.90 Å². The lowest BCUT2D eigenvalue weighted by molar-refractivity contribution is 0.250. The van der Waals surface area contributed by atoms with Crippen molar-refractivity contribution >= 4 is 23.0 Å². The maximum absolute atomic E-state index is 5.92. The van der Waals surface area contributed by atoms with E-state index in [1.807, 2.05) is 24.3 Å². The predicted octanol–water partition coefficient (Wildman–Crippen LogP) is 3.24. The van der Waals surface area contributed by atoms with E-state index >= 15 is 0 Å². The summed E-state index contributed by atoms with van der Waals surface area (Å²) in [6.45, 7) is 5.25. The Labute approximate surface area is 130 Å². The summed E-state index contributed by atoms with van der Waals surface area (Å²) in [7, 11) is 0. The van der Waals surface area contributed by atoms with Crippen LogP contribution in [0, 0.1) is 0 Å². The zero-order valence-electron chi connectivity index (χ0n) is 12.0. The Morgan fingerprint density at radius 3 is 2.10 bits per heavy atom. The molecule has 0 aromatic heterocycles. The third-order valence-electron chi connectivity index (χ3n) is 3.95. The van der Waals surface area contributed by atoms with Crippen molar-refractivity contribution in [3.8, 4) is 0 Å². The van der Waals surface area contributed by atoms with Crippen LogP contribution >= 0.6 is 11.6 Å². The van der Waals surface area contributed by atoms with Gasteiger partial charge in [-0.15, -0.1) is 0 Å². The molecule has 2 aromatic carbocycles.